The first-order chi connectivity index (χ1) is 4.85. The van der Waals surface area contributed by atoms with E-state index in [4.69, 9.17) is 13.9 Å². The van der Waals surface area contributed by atoms with Crippen LogP contribution in [0, 0.1) is 0 Å². The number of rotatable bonds is 6. The Balaban J connectivity index is 3.29. The first-order valence-electron chi connectivity index (χ1n) is 3.09. The van der Waals surface area contributed by atoms with Crippen LogP contribution >= 0.6 is 0 Å². The van der Waals surface area contributed by atoms with Crippen LogP contribution in [0.15, 0.2) is 12.3 Å². The highest BCUT2D eigenvalue weighted by molar-refractivity contribution is 6.34. The molecule has 0 aromatic heterocycles. The molecule has 0 rings (SSSR count). The maximum absolute atomic E-state index is 5.25. The van der Waals surface area contributed by atoms with E-state index in [-0.39, 0.29) is 6.29 Å². The molecule has 3 nitrogen and oxygen atoms in total. The highest BCUT2D eigenvalue weighted by Crippen LogP contribution is 1.91. The molecule has 1 unspecified atom stereocenters. The van der Waals surface area contributed by atoms with Crippen molar-refractivity contribution in [2.45, 2.75) is 6.29 Å². The topological polar surface area (TPSA) is 27.7 Å². The first kappa shape index (κ1) is 9.84. The van der Waals surface area contributed by atoms with Gasteiger partial charge in [-0.25, -0.2) is 0 Å². The Morgan fingerprint density at radius 1 is 1.60 bits per heavy atom. The van der Waals surface area contributed by atoms with Crippen molar-refractivity contribution in [2.75, 3.05) is 20.8 Å². The van der Waals surface area contributed by atoms with Gasteiger partial charge in [-0.3, -0.25) is 0 Å². The van der Waals surface area contributed by atoms with Gasteiger partial charge in [-0.05, 0) is 0 Å². The molecule has 0 bridgehead atoms. The molecule has 0 amide bonds. The fraction of sp³-hybridized carbons (Fsp3) is 0.667. The Kier molecular flexibility index (Phi) is 6.84. The summed E-state index contributed by atoms with van der Waals surface area (Å²) in [6, 6.07) is 0. The minimum absolute atomic E-state index is 0.213. The first-order valence-corrected chi connectivity index (χ1v) is 4.48. The summed E-state index contributed by atoms with van der Waals surface area (Å²) in [6.07, 6.45) is -0.213. The molecule has 0 radical (unpaired) electrons. The predicted molar refractivity (Wildman–Crippen MR) is 42.5 cm³/mol. The second-order valence-corrected chi connectivity index (χ2v) is 2.99. The summed E-state index contributed by atoms with van der Waals surface area (Å²) in [5, 5.41) is 0. The van der Waals surface area contributed by atoms with Gasteiger partial charge < -0.3 is 13.9 Å². The summed E-state index contributed by atoms with van der Waals surface area (Å²) in [6.45, 7) is 4.05. The van der Waals surface area contributed by atoms with Crippen LogP contribution < -0.4 is 0 Å². The molecule has 0 aliphatic rings. The van der Waals surface area contributed by atoms with Crippen molar-refractivity contribution in [1.82, 2.24) is 0 Å². The van der Waals surface area contributed by atoms with E-state index >= 15 is 0 Å². The maximum atomic E-state index is 5.25. The largest absolute Gasteiger partial charge is 0.393 e. The molecule has 0 aromatic rings. The Bertz CT molecular complexity index is 87.1. The highest BCUT2D eigenvalue weighted by Gasteiger charge is 2.03. The van der Waals surface area contributed by atoms with E-state index in [9.17, 15) is 0 Å². The molecule has 60 valence electrons. The summed E-state index contributed by atoms with van der Waals surface area (Å²) in [5.74, 6) is 0. The SMILES string of the molecule is C=C[SiH2]OC(COC)OC. The van der Waals surface area contributed by atoms with Gasteiger partial charge in [0.25, 0.3) is 0 Å². The van der Waals surface area contributed by atoms with Crippen molar-refractivity contribution < 1.29 is 13.9 Å². The van der Waals surface area contributed by atoms with Crippen molar-refractivity contribution in [2.24, 2.45) is 0 Å². The third kappa shape index (κ3) is 4.69. The fourth-order valence-electron chi connectivity index (χ4n) is 0.496. The highest BCUT2D eigenvalue weighted by atomic mass is 28.2. The number of hydrogen-bond acceptors (Lipinski definition) is 3. The second-order valence-electron chi connectivity index (χ2n) is 1.74. The molecule has 0 aliphatic carbocycles. The predicted octanol–water partition coefficient (Wildman–Crippen LogP) is -0.151. The van der Waals surface area contributed by atoms with Gasteiger partial charge in [-0.15, -0.1) is 6.58 Å². The van der Waals surface area contributed by atoms with E-state index in [2.05, 4.69) is 6.58 Å². The molecule has 1 atom stereocenters. The number of methoxy groups -OCH3 is 2. The van der Waals surface area contributed by atoms with Crippen LogP contribution in [0.2, 0.25) is 0 Å². The van der Waals surface area contributed by atoms with Gasteiger partial charge in [0, 0.05) is 14.2 Å². The number of ether oxygens (including phenoxy) is 2. The third-order valence-corrected chi connectivity index (χ3v) is 1.77. The minimum atomic E-state index is -0.598. The Labute approximate surface area is 63.9 Å². The zero-order valence-corrected chi connectivity index (χ0v) is 7.91. The van der Waals surface area contributed by atoms with Gasteiger partial charge in [-0.1, -0.05) is 5.70 Å². The zero-order chi connectivity index (χ0) is 7.82. The molecule has 10 heavy (non-hydrogen) atoms. The van der Waals surface area contributed by atoms with E-state index in [0.29, 0.717) is 6.61 Å². The van der Waals surface area contributed by atoms with E-state index in [1.54, 1.807) is 14.2 Å². The van der Waals surface area contributed by atoms with Gasteiger partial charge in [0.05, 0.1) is 6.61 Å². The monoisotopic (exact) mass is 162 g/mol. The molecule has 0 heterocycles. The van der Waals surface area contributed by atoms with Crippen LogP contribution in [0.4, 0.5) is 0 Å². The molecule has 0 aromatic carbocycles. The van der Waals surface area contributed by atoms with Gasteiger partial charge in [0.1, 0.15) is 0 Å². The maximum Gasteiger partial charge on any atom is 0.188 e. The van der Waals surface area contributed by atoms with Crippen molar-refractivity contribution in [3.05, 3.63) is 12.3 Å². The van der Waals surface area contributed by atoms with Crippen LogP contribution in [-0.2, 0) is 13.9 Å². The lowest BCUT2D eigenvalue weighted by molar-refractivity contribution is -0.0918. The third-order valence-electron chi connectivity index (χ3n) is 0.966. The molecule has 0 aliphatic heterocycles. The summed E-state index contributed by atoms with van der Waals surface area (Å²) in [7, 11) is 2.62. The van der Waals surface area contributed by atoms with Crippen LogP contribution in [0.25, 0.3) is 0 Å². The van der Waals surface area contributed by atoms with Crippen molar-refractivity contribution in [1.29, 1.82) is 0 Å². The molecule has 0 spiro atoms. The summed E-state index contributed by atoms with van der Waals surface area (Å²) >= 11 is 0. The fourth-order valence-corrected chi connectivity index (χ4v) is 1.08. The summed E-state index contributed by atoms with van der Waals surface area (Å²) < 4.78 is 15.0. The lowest BCUT2D eigenvalue weighted by Crippen LogP contribution is -2.22. The summed E-state index contributed by atoms with van der Waals surface area (Å²) in [4.78, 5) is 0. The van der Waals surface area contributed by atoms with Gasteiger partial charge in [0.2, 0.25) is 0 Å². The molecule has 4 heteroatoms. The lowest BCUT2D eigenvalue weighted by atomic mass is 10.7. The standard InChI is InChI=1S/C6H14O3Si/c1-4-10-9-6(8-3)5-7-2/h4,6H,1,5,10H2,2-3H3. The van der Waals surface area contributed by atoms with Crippen molar-refractivity contribution in [3.63, 3.8) is 0 Å². The Morgan fingerprint density at radius 3 is 2.70 bits per heavy atom. The lowest BCUT2D eigenvalue weighted by Gasteiger charge is -2.13. The summed E-state index contributed by atoms with van der Waals surface area (Å²) in [5.41, 5.74) is 1.81. The van der Waals surface area contributed by atoms with Crippen molar-refractivity contribution >= 4 is 9.76 Å². The average Bonchev–Trinajstić information content (AvgIpc) is 1.98. The molecule has 0 saturated heterocycles. The average molecular weight is 162 g/mol. The number of hydrogen-bond donors (Lipinski definition) is 0. The van der Waals surface area contributed by atoms with Gasteiger partial charge in [-0.2, -0.15) is 0 Å². The van der Waals surface area contributed by atoms with Crippen LogP contribution in [0.5, 0.6) is 0 Å². The van der Waals surface area contributed by atoms with Gasteiger partial charge in [0.15, 0.2) is 16.1 Å². The quantitative estimate of drug-likeness (QED) is 0.401. The zero-order valence-electron chi connectivity index (χ0n) is 6.50. The van der Waals surface area contributed by atoms with Gasteiger partial charge >= 0.3 is 0 Å². The van der Waals surface area contributed by atoms with Crippen LogP contribution in [-0.4, -0.2) is 36.9 Å². The Hall–Kier alpha value is -0.163. The normalized spacial score (nSPS) is 14.2. The minimum Gasteiger partial charge on any atom is -0.393 e. The van der Waals surface area contributed by atoms with E-state index in [1.807, 2.05) is 5.70 Å². The molecule has 0 N–H and O–H groups in total. The molecular weight excluding hydrogens is 148 g/mol. The molecule has 0 saturated carbocycles. The van der Waals surface area contributed by atoms with Crippen LogP contribution in [0.1, 0.15) is 0 Å². The second kappa shape index (κ2) is 6.95. The van der Waals surface area contributed by atoms with Crippen molar-refractivity contribution in [3.8, 4) is 0 Å². The smallest absolute Gasteiger partial charge is 0.188 e. The van der Waals surface area contributed by atoms with E-state index < -0.39 is 9.76 Å². The van der Waals surface area contributed by atoms with E-state index in [0.717, 1.165) is 0 Å². The van der Waals surface area contributed by atoms with Crippen LogP contribution in [0.3, 0.4) is 0 Å². The molecule has 0 fully saturated rings. The molecular formula is C6H14O3Si. The van der Waals surface area contributed by atoms with E-state index in [1.165, 1.54) is 0 Å². The Morgan fingerprint density at radius 2 is 2.30 bits per heavy atom.